The molecule has 2 aromatic heterocycles. The van der Waals surface area contributed by atoms with Crippen molar-refractivity contribution < 1.29 is 4.39 Å². The van der Waals surface area contributed by atoms with Crippen molar-refractivity contribution in [2.24, 2.45) is 0 Å². The molecule has 0 bridgehead atoms. The maximum Gasteiger partial charge on any atom is 0.170 e. The fourth-order valence-corrected chi connectivity index (χ4v) is 2.36. The number of benzene rings is 1. The van der Waals surface area contributed by atoms with Crippen LogP contribution in [0, 0.1) is 24.6 Å². The van der Waals surface area contributed by atoms with Gasteiger partial charge in [0.05, 0.1) is 10.2 Å². The molecule has 3 rings (SSSR count). The highest BCUT2D eigenvalue weighted by atomic mass is 32.1. The molecular formula is C15H9FN2S. The Kier molecular flexibility index (Phi) is 2.98. The van der Waals surface area contributed by atoms with Crippen molar-refractivity contribution >= 4 is 21.7 Å². The lowest BCUT2D eigenvalue weighted by Crippen LogP contribution is -1.84. The van der Waals surface area contributed by atoms with Gasteiger partial charge >= 0.3 is 0 Å². The van der Waals surface area contributed by atoms with Gasteiger partial charge < -0.3 is 0 Å². The molecule has 0 radical (unpaired) electrons. The van der Waals surface area contributed by atoms with Crippen molar-refractivity contribution in [3.8, 4) is 11.8 Å². The van der Waals surface area contributed by atoms with Crippen LogP contribution in [0.15, 0.2) is 36.0 Å². The minimum atomic E-state index is -0.210. The van der Waals surface area contributed by atoms with E-state index in [9.17, 15) is 4.39 Å². The molecule has 19 heavy (non-hydrogen) atoms. The first-order chi connectivity index (χ1) is 9.22. The first kappa shape index (κ1) is 11.8. The molecule has 92 valence electrons. The van der Waals surface area contributed by atoms with Gasteiger partial charge in [-0.2, -0.15) is 0 Å². The summed E-state index contributed by atoms with van der Waals surface area (Å²) in [6, 6.07) is 6.81. The molecule has 1 aromatic carbocycles. The van der Waals surface area contributed by atoms with E-state index in [0.717, 1.165) is 21.5 Å². The maximum absolute atomic E-state index is 13.1. The molecule has 2 heterocycles. The van der Waals surface area contributed by atoms with Gasteiger partial charge in [0.25, 0.3) is 0 Å². The molecule has 4 heteroatoms. The van der Waals surface area contributed by atoms with E-state index in [2.05, 4.69) is 21.8 Å². The molecule has 0 spiro atoms. The third-order valence-electron chi connectivity index (χ3n) is 2.70. The largest absolute Gasteiger partial charge is 0.235 e. The van der Waals surface area contributed by atoms with Crippen LogP contribution in [0.4, 0.5) is 4.39 Å². The number of nitrogens with zero attached hydrogens (tertiary/aromatic N) is 2. The Morgan fingerprint density at radius 2 is 1.95 bits per heavy atom. The molecule has 2 nitrogen and oxygen atoms in total. The third-order valence-corrected chi connectivity index (χ3v) is 3.46. The van der Waals surface area contributed by atoms with Gasteiger partial charge in [0, 0.05) is 17.3 Å². The van der Waals surface area contributed by atoms with E-state index in [4.69, 9.17) is 0 Å². The molecule has 0 amide bonds. The zero-order valence-corrected chi connectivity index (χ0v) is 11.0. The fourth-order valence-electron chi connectivity index (χ4n) is 1.69. The smallest absolute Gasteiger partial charge is 0.170 e. The number of thiazole rings is 1. The van der Waals surface area contributed by atoms with Gasteiger partial charge in [0.2, 0.25) is 0 Å². The lowest BCUT2D eigenvalue weighted by molar-refractivity contribution is 0.618. The summed E-state index contributed by atoms with van der Waals surface area (Å²) in [5.74, 6) is 5.84. The van der Waals surface area contributed by atoms with E-state index in [1.165, 1.54) is 17.4 Å². The van der Waals surface area contributed by atoms with Gasteiger partial charge in [0.1, 0.15) is 5.82 Å². The van der Waals surface area contributed by atoms with Gasteiger partial charge in [-0.15, -0.1) is 11.3 Å². The summed E-state index contributed by atoms with van der Waals surface area (Å²) in [5.41, 5.74) is 4.73. The topological polar surface area (TPSA) is 25.8 Å². The van der Waals surface area contributed by atoms with E-state index in [1.54, 1.807) is 30.8 Å². The third kappa shape index (κ3) is 2.47. The molecule has 0 saturated heterocycles. The van der Waals surface area contributed by atoms with E-state index >= 15 is 0 Å². The van der Waals surface area contributed by atoms with Crippen molar-refractivity contribution in [2.75, 3.05) is 0 Å². The van der Waals surface area contributed by atoms with E-state index in [1.807, 2.05) is 6.07 Å². The zero-order chi connectivity index (χ0) is 13.2. The van der Waals surface area contributed by atoms with Crippen LogP contribution in [0.5, 0.6) is 0 Å². The Bertz CT molecular complexity index is 812. The summed E-state index contributed by atoms with van der Waals surface area (Å²) in [7, 11) is 0. The SMILES string of the molecule is Cc1cc(C#Cc2cnc3ncsc3c2)ccc1F. The van der Waals surface area contributed by atoms with Crippen LogP contribution in [0.25, 0.3) is 10.3 Å². The van der Waals surface area contributed by atoms with Gasteiger partial charge in [-0.05, 0) is 36.8 Å². The highest BCUT2D eigenvalue weighted by Gasteiger charge is 1.99. The summed E-state index contributed by atoms with van der Waals surface area (Å²) in [4.78, 5) is 8.34. The van der Waals surface area contributed by atoms with Crippen LogP contribution in [0.2, 0.25) is 0 Å². The monoisotopic (exact) mass is 268 g/mol. The molecule has 3 aromatic rings. The Morgan fingerprint density at radius 1 is 1.11 bits per heavy atom. The van der Waals surface area contributed by atoms with E-state index in [0.29, 0.717) is 5.56 Å². The summed E-state index contributed by atoms with van der Waals surface area (Å²) in [6.45, 7) is 1.73. The number of rotatable bonds is 0. The van der Waals surface area contributed by atoms with Crippen LogP contribution in [-0.4, -0.2) is 9.97 Å². The van der Waals surface area contributed by atoms with Crippen LogP contribution in [-0.2, 0) is 0 Å². The second-order valence-corrected chi connectivity index (χ2v) is 5.00. The first-order valence-corrected chi connectivity index (χ1v) is 6.58. The molecule has 0 aliphatic rings. The molecule has 0 atom stereocenters. The number of hydrogen-bond donors (Lipinski definition) is 0. The molecule has 0 fully saturated rings. The molecule has 0 saturated carbocycles. The molecule has 0 N–H and O–H groups in total. The van der Waals surface area contributed by atoms with Gasteiger partial charge in [-0.25, -0.2) is 14.4 Å². The van der Waals surface area contributed by atoms with E-state index < -0.39 is 0 Å². The molecule has 0 aliphatic carbocycles. The second kappa shape index (κ2) is 4.79. The normalized spacial score (nSPS) is 10.2. The lowest BCUT2D eigenvalue weighted by Gasteiger charge is -1.95. The number of aryl methyl sites for hydroxylation is 1. The summed E-state index contributed by atoms with van der Waals surface area (Å²) < 4.78 is 14.2. The van der Waals surface area contributed by atoms with Crippen molar-refractivity contribution in [1.29, 1.82) is 0 Å². The fraction of sp³-hybridized carbons (Fsp3) is 0.0667. The average molecular weight is 268 g/mol. The highest BCUT2D eigenvalue weighted by molar-refractivity contribution is 7.16. The Balaban J connectivity index is 1.95. The molecule has 0 aliphatic heterocycles. The Labute approximate surface area is 114 Å². The predicted molar refractivity (Wildman–Crippen MR) is 74.5 cm³/mol. The van der Waals surface area contributed by atoms with Crippen molar-refractivity contribution in [3.05, 3.63) is 58.5 Å². The summed E-state index contributed by atoms with van der Waals surface area (Å²) in [6.07, 6.45) is 1.70. The minimum Gasteiger partial charge on any atom is -0.235 e. The number of hydrogen-bond acceptors (Lipinski definition) is 3. The number of pyridine rings is 1. The van der Waals surface area contributed by atoms with Crippen LogP contribution < -0.4 is 0 Å². The van der Waals surface area contributed by atoms with Gasteiger partial charge in [-0.3, -0.25) is 0 Å². The van der Waals surface area contributed by atoms with Gasteiger partial charge in [0.15, 0.2) is 5.65 Å². The maximum atomic E-state index is 13.1. The van der Waals surface area contributed by atoms with Crippen LogP contribution in [0.1, 0.15) is 16.7 Å². The van der Waals surface area contributed by atoms with Crippen LogP contribution in [0.3, 0.4) is 0 Å². The second-order valence-electron chi connectivity index (χ2n) is 4.11. The van der Waals surface area contributed by atoms with Crippen molar-refractivity contribution in [3.63, 3.8) is 0 Å². The average Bonchev–Trinajstić information content (AvgIpc) is 2.87. The standard InChI is InChI=1S/C15H9FN2S/c1-10-6-11(4-5-13(10)16)2-3-12-7-14-15(17-8-12)18-9-19-14/h4-9H,1H3. The highest BCUT2D eigenvalue weighted by Crippen LogP contribution is 2.16. The lowest BCUT2D eigenvalue weighted by atomic mass is 10.1. The first-order valence-electron chi connectivity index (χ1n) is 5.70. The van der Waals surface area contributed by atoms with E-state index in [-0.39, 0.29) is 5.82 Å². The quantitative estimate of drug-likeness (QED) is 0.583. The van der Waals surface area contributed by atoms with Gasteiger partial charge in [-0.1, -0.05) is 11.8 Å². The minimum absolute atomic E-state index is 0.210. The Hall–Kier alpha value is -2.25. The number of halogens is 1. The Morgan fingerprint density at radius 3 is 2.79 bits per heavy atom. The summed E-state index contributed by atoms with van der Waals surface area (Å²) >= 11 is 1.54. The van der Waals surface area contributed by atoms with Crippen molar-refractivity contribution in [2.45, 2.75) is 6.92 Å². The van der Waals surface area contributed by atoms with Crippen molar-refractivity contribution in [1.82, 2.24) is 9.97 Å². The summed E-state index contributed by atoms with van der Waals surface area (Å²) in [5, 5.41) is 0. The van der Waals surface area contributed by atoms with Crippen LogP contribution >= 0.6 is 11.3 Å². The predicted octanol–water partition coefficient (Wildman–Crippen LogP) is 3.54. The number of aromatic nitrogens is 2. The number of fused-ring (bicyclic) bond motifs is 1. The molecule has 0 unspecified atom stereocenters. The zero-order valence-electron chi connectivity index (χ0n) is 10.1. The molecular weight excluding hydrogens is 259 g/mol.